The minimum Gasteiger partial charge on any atom is -0.496 e. The molecule has 1 aromatic carbocycles. The van der Waals surface area contributed by atoms with E-state index < -0.39 is 0 Å². The zero-order chi connectivity index (χ0) is 22.1. The van der Waals surface area contributed by atoms with Gasteiger partial charge in [0.1, 0.15) is 17.5 Å². The van der Waals surface area contributed by atoms with Crippen LogP contribution < -0.4 is 14.4 Å². The quantitative estimate of drug-likeness (QED) is 0.610. The van der Waals surface area contributed by atoms with Gasteiger partial charge in [-0.25, -0.2) is 0 Å². The molecule has 2 saturated heterocycles. The smallest absolute Gasteiger partial charge is 0.160 e. The van der Waals surface area contributed by atoms with E-state index in [0.29, 0.717) is 6.04 Å². The Balaban J connectivity index is 1.61. The van der Waals surface area contributed by atoms with Gasteiger partial charge in [0.15, 0.2) is 5.17 Å². The molecular weight excluding hydrogens is 420 g/mol. The van der Waals surface area contributed by atoms with Crippen LogP contribution in [-0.2, 0) is 0 Å². The van der Waals surface area contributed by atoms with E-state index in [2.05, 4.69) is 39.9 Å². The van der Waals surface area contributed by atoms with Crippen LogP contribution in [0.3, 0.4) is 0 Å². The summed E-state index contributed by atoms with van der Waals surface area (Å²) in [5.74, 6) is 2.89. The maximum Gasteiger partial charge on any atom is 0.160 e. The lowest BCUT2D eigenvalue weighted by Crippen LogP contribution is -2.35. The average Bonchev–Trinajstić information content (AvgIpc) is 3.43. The summed E-state index contributed by atoms with van der Waals surface area (Å²) < 4.78 is 11.9. The fourth-order valence-electron chi connectivity index (χ4n) is 5.21. The molecule has 0 amide bonds. The molecule has 0 N–H and O–H groups in total. The predicted octanol–water partition coefficient (Wildman–Crippen LogP) is 5.07. The predicted molar refractivity (Wildman–Crippen MR) is 131 cm³/mol. The first-order chi connectivity index (χ1) is 15.7. The molecule has 1 aromatic heterocycles. The van der Waals surface area contributed by atoms with Gasteiger partial charge in [-0.15, -0.1) is 0 Å². The van der Waals surface area contributed by atoms with Crippen molar-refractivity contribution in [1.29, 1.82) is 0 Å². The zero-order valence-corrected chi connectivity index (χ0v) is 20.0. The summed E-state index contributed by atoms with van der Waals surface area (Å²) in [5, 5.41) is 1.12. The van der Waals surface area contributed by atoms with E-state index in [-0.39, 0.29) is 12.1 Å². The number of ether oxygens (including phenoxy) is 2. The molecule has 7 heteroatoms. The first-order valence-electron chi connectivity index (χ1n) is 11.7. The van der Waals surface area contributed by atoms with Gasteiger partial charge in [-0.3, -0.25) is 9.98 Å². The molecule has 0 spiro atoms. The van der Waals surface area contributed by atoms with E-state index in [1.165, 1.54) is 19.3 Å². The lowest BCUT2D eigenvalue weighted by Gasteiger charge is -2.34. The molecule has 0 saturated carbocycles. The fraction of sp³-hybridized carbons (Fsp3) is 0.520. The van der Waals surface area contributed by atoms with Crippen LogP contribution in [0.15, 0.2) is 41.5 Å². The highest BCUT2D eigenvalue weighted by Gasteiger charge is 2.46. The van der Waals surface area contributed by atoms with Crippen molar-refractivity contribution in [2.45, 2.75) is 50.7 Å². The van der Waals surface area contributed by atoms with Crippen LogP contribution in [-0.4, -0.2) is 54.2 Å². The van der Waals surface area contributed by atoms with Crippen molar-refractivity contribution in [3.05, 3.63) is 47.8 Å². The highest BCUT2D eigenvalue weighted by Crippen LogP contribution is 2.52. The number of rotatable bonds is 6. The number of fused-ring (bicyclic) bond motifs is 1. The highest BCUT2D eigenvalue weighted by molar-refractivity contribution is 8.14. The molecule has 0 unspecified atom stereocenters. The summed E-state index contributed by atoms with van der Waals surface area (Å²) >= 11 is 1.86. The first-order valence-corrected chi connectivity index (χ1v) is 12.6. The maximum atomic E-state index is 6.00. The molecule has 3 aliphatic rings. The molecule has 0 radical (unpaired) electrons. The van der Waals surface area contributed by atoms with Crippen LogP contribution in [0.1, 0.15) is 55.9 Å². The van der Waals surface area contributed by atoms with Crippen molar-refractivity contribution < 1.29 is 9.47 Å². The fourth-order valence-corrected chi connectivity index (χ4v) is 6.54. The summed E-state index contributed by atoms with van der Waals surface area (Å²) in [4.78, 5) is 14.8. The number of hydrogen-bond acceptors (Lipinski definition) is 7. The van der Waals surface area contributed by atoms with E-state index in [9.17, 15) is 0 Å². The van der Waals surface area contributed by atoms with Gasteiger partial charge in [-0.05, 0) is 43.9 Å². The molecule has 5 rings (SSSR count). The number of amidine groups is 1. The van der Waals surface area contributed by atoms with Crippen LogP contribution in [0.25, 0.3) is 0 Å². The Kier molecular flexibility index (Phi) is 6.17. The van der Waals surface area contributed by atoms with E-state index in [4.69, 9.17) is 14.5 Å². The summed E-state index contributed by atoms with van der Waals surface area (Å²) in [7, 11) is 3.54. The lowest BCUT2D eigenvalue weighted by atomic mass is 9.93. The van der Waals surface area contributed by atoms with Gasteiger partial charge >= 0.3 is 0 Å². The number of nitrogens with zero attached hydrogens (tertiary/aromatic N) is 4. The van der Waals surface area contributed by atoms with Crippen LogP contribution in [0.2, 0.25) is 0 Å². The van der Waals surface area contributed by atoms with E-state index in [1.807, 2.05) is 30.1 Å². The van der Waals surface area contributed by atoms with E-state index in [0.717, 1.165) is 58.9 Å². The molecule has 170 valence electrons. The van der Waals surface area contributed by atoms with Gasteiger partial charge in [-0.1, -0.05) is 24.8 Å². The van der Waals surface area contributed by atoms with E-state index >= 15 is 0 Å². The second-order valence-electron chi connectivity index (χ2n) is 8.65. The number of pyridine rings is 1. The van der Waals surface area contributed by atoms with Crippen molar-refractivity contribution in [3.8, 4) is 11.5 Å². The average molecular weight is 453 g/mol. The Morgan fingerprint density at radius 3 is 2.56 bits per heavy atom. The van der Waals surface area contributed by atoms with Crippen LogP contribution in [0.5, 0.6) is 11.5 Å². The highest BCUT2D eigenvalue weighted by atomic mass is 32.2. The summed E-state index contributed by atoms with van der Waals surface area (Å²) in [5.41, 5.74) is 3.25. The standard InChI is InChI=1S/C25H32N4O2S/c1-4-17-16-32-25-27-23(19-10-6-7-11-26-19)24(29(17)25)18-14-22(31-3)20(15-21(18)30-2)28-12-8-5-9-13-28/h6-7,10-11,14-15,17,23-24H,4-5,8-9,12-13,16H2,1-3H3/t17-,23-,24+/m0/s1. The molecule has 0 bridgehead atoms. The lowest BCUT2D eigenvalue weighted by molar-refractivity contribution is 0.248. The Morgan fingerprint density at radius 1 is 1.06 bits per heavy atom. The van der Waals surface area contributed by atoms with Crippen molar-refractivity contribution in [2.24, 2.45) is 4.99 Å². The molecular formula is C25H32N4O2S. The number of hydrogen-bond donors (Lipinski definition) is 0. The zero-order valence-electron chi connectivity index (χ0n) is 19.2. The largest absolute Gasteiger partial charge is 0.496 e. The third kappa shape index (κ3) is 3.70. The number of aromatic nitrogens is 1. The van der Waals surface area contributed by atoms with Crippen molar-refractivity contribution in [1.82, 2.24) is 9.88 Å². The molecule has 2 aromatic rings. The number of piperidine rings is 1. The number of benzene rings is 1. The van der Waals surface area contributed by atoms with Crippen molar-refractivity contribution in [3.63, 3.8) is 0 Å². The van der Waals surface area contributed by atoms with Gasteiger partial charge in [0.05, 0.1) is 31.6 Å². The van der Waals surface area contributed by atoms with Gasteiger partial charge < -0.3 is 19.3 Å². The Labute approximate surface area is 195 Å². The van der Waals surface area contributed by atoms with Gasteiger partial charge in [0.2, 0.25) is 0 Å². The van der Waals surface area contributed by atoms with Crippen LogP contribution in [0, 0.1) is 0 Å². The van der Waals surface area contributed by atoms with Gasteiger partial charge in [-0.2, -0.15) is 0 Å². The Morgan fingerprint density at radius 2 is 1.88 bits per heavy atom. The molecule has 4 heterocycles. The minimum atomic E-state index is -0.0625. The third-order valence-corrected chi connectivity index (χ3v) is 8.00. The molecule has 3 atom stereocenters. The number of aliphatic imine (C=N–C) groups is 1. The molecule has 2 fully saturated rings. The topological polar surface area (TPSA) is 50.2 Å². The second-order valence-corrected chi connectivity index (χ2v) is 9.64. The van der Waals surface area contributed by atoms with Gasteiger partial charge in [0, 0.05) is 42.7 Å². The first kappa shape index (κ1) is 21.4. The number of methoxy groups -OCH3 is 2. The third-order valence-electron chi connectivity index (χ3n) is 6.88. The second kappa shape index (κ2) is 9.22. The molecule has 32 heavy (non-hydrogen) atoms. The summed E-state index contributed by atoms with van der Waals surface area (Å²) in [6.07, 6.45) is 6.68. The van der Waals surface area contributed by atoms with Crippen molar-refractivity contribution in [2.75, 3.05) is 38.0 Å². The molecule has 3 aliphatic heterocycles. The minimum absolute atomic E-state index is 0.0408. The SMILES string of the molecule is CC[C@H]1CSC2=N[C@@H](c3ccccn3)[C@@H](c3cc(OC)c(N4CCCCC4)cc3OC)N21. The normalized spacial score (nSPS) is 25.0. The summed E-state index contributed by atoms with van der Waals surface area (Å²) in [6, 6.07) is 10.9. The number of anilines is 1. The maximum absolute atomic E-state index is 6.00. The molecule has 0 aliphatic carbocycles. The van der Waals surface area contributed by atoms with Crippen LogP contribution in [0.4, 0.5) is 5.69 Å². The van der Waals surface area contributed by atoms with Gasteiger partial charge in [0.25, 0.3) is 0 Å². The Bertz CT molecular complexity index is 977. The monoisotopic (exact) mass is 452 g/mol. The van der Waals surface area contributed by atoms with Crippen molar-refractivity contribution >= 4 is 22.6 Å². The summed E-state index contributed by atoms with van der Waals surface area (Å²) in [6.45, 7) is 4.39. The van der Waals surface area contributed by atoms with E-state index in [1.54, 1.807) is 14.2 Å². The number of thioether (sulfide) groups is 1. The Hall–Kier alpha value is -2.41. The van der Waals surface area contributed by atoms with Crippen LogP contribution >= 0.6 is 11.8 Å². The molecule has 6 nitrogen and oxygen atoms in total.